The van der Waals surface area contributed by atoms with E-state index >= 15 is 0 Å². The van der Waals surface area contributed by atoms with Gasteiger partial charge in [-0.15, -0.1) is 13.2 Å². The number of halogens is 2. The topological polar surface area (TPSA) is 96.4 Å². The minimum atomic E-state index is -1.24. The van der Waals surface area contributed by atoms with Crippen LogP contribution < -0.4 is 4.90 Å². The average molecular weight is 596 g/mol. The van der Waals surface area contributed by atoms with Crippen LogP contribution in [-0.4, -0.2) is 76.7 Å². The summed E-state index contributed by atoms with van der Waals surface area (Å²) >= 11 is 10.1. The Hall–Kier alpha value is -2.20. The zero-order valence-corrected chi connectivity index (χ0v) is 22.9. The number of aliphatic hydroxyl groups is 1. The van der Waals surface area contributed by atoms with Gasteiger partial charge in [0, 0.05) is 17.9 Å². The summed E-state index contributed by atoms with van der Waals surface area (Å²) in [6.07, 6.45) is 5.51. The van der Waals surface area contributed by atoms with Gasteiger partial charge in [-0.25, -0.2) is 0 Å². The molecule has 1 aromatic rings. The molecule has 0 aromatic heterocycles. The van der Waals surface area contributed by atoms with E-state index in [0.717, 1.165) is 12.8 Å². The normalized spacial score (nSPS) is 29.8. The van der Waals surface area contributed by atoms with Gasteiger partial charge in [-0.1, -0.05) is 51.8 Å². The number of hydrogen-bond donors (Lipinski definition) is 1. The van der Waals surface area contributed by atoms with Crippen molar-refractivity contribution < 1.29 is 29.0 Å². The molecule has 2 bridgehead atoms. The standard InChI is InChI=1S/C27H32BrClN2O6/c1-3-5-6-9-15-36-26(35)20-21-24(33)31(13-14-32)23(27(21)16-17(28)22(20)37-27)25(34)30(12-4-2)19-11-8-7-10-18(19)29/h3-4,7-8,10-11,17,20-23,32H,1-2,5-6,9,12-16H2/t17?,20-,21+,22-,23?,27?/m1/s1. The van der Waals surface area contributed by atoms with E-state index in [9.17, 15) is 19.5 Å². The van der Waals surface area contributed by atoms with Gasteiger partial charge < -0.3 is 24.4 Å². The first-order valence-corrected chi connectivity index (χ1v) is 13.8. The molecule has 10 heteroatoms. The molecule has 3 heterocycles. The number of amides is 2. The van der Waals surface area contributed by atoms with E-state index in [1.807, 2.05) is 6.08 Å². The average Bonchev–Trinajstić information content (AvgIpc) is 3.46. The summed E-state index contributed by atoms with van der Waals surface area (Å²) in [7, 11) is 0. The SMILES string of the molecule is C=CCCCCOC(=O)[C@H]1[C@@H]2OC3(CC2Br)C(C(=O)N(CC=C)c2ccccc2Cl)N(CCO)C(=O)[C@H]13. The number of nitrogens with zero attached hydrogens (tertiary/aromatic N) is 2. The molecule has 4 rings (SSSR count). The third kappa shape index (κ3) is 4.87. The van der Waals surface area contributed by atoms with Gasteiger partial charge in [0.2, 0.25) is 5.91 Å². The third-order valence-electron chi connectivity index (χ3n) is 7.40. The Morgan fingerprint density at radius 3 is 2.73 bits per heavy atom. The van der Waals surface area contributed by atoms with Crippen LogP contribution in [0.15, 0.2) is 49.6 Å². The molecule has 3 unspecified atom stereocenters. The highest BCUT2D eigenvalue weighted by molar-refractivity contribution is 9.09. The number of likely N-dealkylation sites (tertiary alicyclic amines) is 1. The van der Waals surface area contributed by atoms with Gasteiger partial charge in [0.05, 0.1) is 41.9 Å². The van der Waals surface area contributed by atoms with Crippen molar-refractivity contribution in [3.8, 4) is 0 Å². The van der Waals surface area contributed by atoms with Crippen molar-refractivity contribution in [2.75, 3.05) is 31.2 Å². The second kappa shape index (κ2) is 11.7. The molecule has 3 saturated heterocycles. The Morgan fingerprint density at radius 2 is 2.05 bits per heavy atom. The molecule has 3 fully saturated rings. The fourth-order valence-electron chi connectivity index (χ4n) is 5.94. The van der Waals surface area contributed by atoms with Gasteiger partial charge in [-0.2, -0.15) is 0 Å². The van der Waals surface area contributed by atoms with E-state index in [4.69, 9.17) is 21.1 Å². The molecule has 0 aliphatic carbocycles. The zero-order chi connectivity index (χ0) is 26.7. The van der Waals surface area contributed by atoms with Crippen LogP contribution in [0.1, 0.15) is 25.7 Å². The number of ether oxygens (including phenoxy) is 2. The van der Waals surface area contributed by atoms with Crippen molar-refractivity contribution >= 4 is 51.0 Å². The van der Waals surface area contributed by atoms with E-state index in [1.165, 1.54) is 9.80 Å². The van der Waals surface area contributed by atoms with Crippen molar-refractivity contribution in [2.45, 2.75) is 48.3 Å². The minimum absolute atomic E-state index is 0.0672. The summed E-state index contributed by atoms with van der Waals surface area (Å²) in [5, 5.41) is 10.2. The monoisotopic (exact) mass is 594 g/mol. The van der Waals surface area contributed by atoms with Gasteiger partial charge in [-0.05, 0) is 37.8 Å². The van der Waals surface area contributed by atoms with Crippen LogP contribution in [0.4, 0.5) is 5.69 Å². The van der Waals surface area contributed by atoms with Crippen molar-refractivity contribution in [1.82, 2.24) is 4.90 Å². The van der Waals surface area contributed by atoms with Crippen LogP contribution in [-0.2, 0) is 23.9 Å². The van der Waals surface area contributed by atoms with Crippen LogP contribution in [0.5, 0.6) is 0 Å². The molecule has 0 saturated carbocycles. The maximum atomic E-state index is 14.2. The van der Waals surface area contributed by atoms with Gasteiger partial charge >= 0.3 is 5.97 Å². The highest BCUT2D eigenvalue weighted by Gasteiger charge is 2.77. The Balaban J connectivity index is 1.68. The molecular formula is C27H32BrClN2O6. The van der Waals surface area contributed by atoms with E-state index in [2.05, 4.69) is 29.1 Å². The van der Waals surface area contributed by atoms with Crippen LogP contribution in [0.2, 0.25) is 5.02 Å². The van der Waals surface area contributed by atoms with Gasteiger partial charge in [0.15, 0.2) is 0 Å². The Kier molecular flexibility index (Phi) is 8.78. The number of carbonyl (C=O) groups excluding carboxylic acids is 3. The first kappa shape index (κ1) is 27.8. The smallest absolute Gasteiger partial charge is 0.312 e. The summed E-state index contributed by atoms with van der Waals surface area (Å²) in [6.45, 7) is 7.45. The molecule has 1 spiro atoms. The van der Waals surface area contributed by atoms with E-state index in [0.29, 0.717) is 23.6 Å². The molecule has 0 radical (unpaired) electrons. The zero-order valence-electron chi connectivity index (χ0n) is 20.6. The van der Waals surface area contributed by atoms with E-state index in [1.54, 1.807) is 30.3 Å². The highest BCUT2D eigenvalue weighted by Crippen LogP contribution is 2.60. The number of hydrogen-bond acceptors (Lipinski definition) is 6. The number of carbonyl (C=O) groups is 3. The number of anilines is 1. The van der Waals surface area contributed by atoms with E-state index in [-0.39, 0.29) is 37.0 Å². The molecule has 200 valence electrons. The summed E-state index contributed by atoms with van der Waals surface area (Å²) in [6, 6.07) is 5.88. The Labute approximate surface area is 230 Å². The third-order valence-corrected chi connectivity index (χ3v) is 8.57. The summed E-state index contributed by atoms with van der Waals surface area (Å²) in [4.78, 5) is 43.8. The van der Waals surface area contributed by atoms with Crippen molar-refractivity contribution in [3.63, 3.8) is 0 Å². The minimum Gasteiger partial charge on any atom is -0.465 e. The van der Waals surface area contributed by atoms with Gasteiger partial charge in [0.1, 0.15) is 11.6 Å². The maximum absolute atomic E-state index is 14.2. The predicted molar refractivity (Wildman–Crippen MR) is 144 cm³/mol. The van der Waals surface area contributed by atoms with Crippen molar-refractivity contribution in [2.24, 2.45) is 11.8 Å². The van der Waals surface area contributed by atoms with Crippen LogP contribution in [0.3, 0.4) is 0 Å². The number of para-hydroxylation sites is 1. The molecule has 3 aliphatic heterocycles. The Morgan fingerprint density at radius 1 is 1.30 bits per heavy atom. The second-order valence-corrected chi connectivity index (χ2v) is 11.1. The highest BCUT2D eigenvalue weighted by atomic mass is 79.9. The molecular weight excluding hydrogens is 564 g/mol. The number of unbranched alkanes of at least 4 members (excludes halogenated alkanes) is 2. The lowest BCUT2D eigenvalue weighted by Gasteiger charge is -2.37. The van der Waals surface area contributed by atoms with Gasteiger partial charge in [0.25, 0.3) is 5.91 Å². The number of esters is 1. The van der Waals surface area contributed by atoms with Crippen LogP contribution >= 0.6 is 27.5 Å². The summed E-state index contributed by atoms with van der Waals surface area (Å²) in [5.74, 6) is -3.03. The molecule has 37 heavy (non-hydrogen) atoms. The van der Waals surface area contributed by atoms with Crippen molar-refractivity contribution in [1.29, 1.82) is 0 Å². The first-order chi connectivity index (χ1) is 17.8. The molecule has 1 N–H and O–H groups in total. The molecule has 6 atom stereocenters. The lowest BCUT2D eigenvalue weighted by Crippen LogP contribution is -2.57. The fraction of sp³-hybridized carbons (Fsp3) is 0.519. The van der Waals surface area contributed by atoms with Crippen molar-refractivity contribution in [3.05, 3.63) is 54.6 Å². The largest absolute Gasteiger partial charge is 0.465 e. The number of aliphatic hydroxyl groups excluding tert-OH is 1. The number of β-amino-alcohol motifs (C(OH)–C–C–N with tert-alkyl or cyclic N) is 1. The quantitative estimate of drug-likeness (QED) is 0.172. The van der Waals surface area contributed by atoms with Crippen LogP contribution in [0, 0.1) is 11.8 Å². The lowest BCUT2D eigenvalue weighted by molar-refractivity contribution is -0.155. The Bertz CT molecular complexity index is 1070. The number of allylic oxidation sites excluding steroid dienone is 1. The molecule has 3 aliphatic rings. The number of rotatable bonds is 12. The molecule has 1 aromatic carbocycles. The number of benzene rings is 1. The first-order valence-electron chi connectivity index (χ1n) is 12.5. The van der Waals surface area contributed by atoms with E-state index < -0.39 is 41.5 Å². The maximum Gasteiger partial charge on any atom is 0.312 e. The predicted octanol–water partition coefficient (Wildman–Crippen LogP) is 3.50. The molecule has 2 amide bonds. The fourth-order valence-corrected chi connectivity index (χ4v) is 7.12. The lowest BCUT2D eigenvalue weighted by atomic mass is 9.70. The number of alkyl halides is 1. The number of fused-ring (bicyclic) bond motifs is 1. The molecule has 8 nitrogen and oxygen atoms in total. The summed E-state index contributed by atoms with van der Waals surface area (Å²) < 4.78 is 12.0. The van der Waals surface area contributed by atoms with Gasteiger partial charge in [-0.3, -0.25) is 14.4 Å². The second-order valence-electron chi connectivity index (χ2n) is 9.56. The van der Waals surface area contributed by atoms with Crippen LogP contribution in [0.25, 0.3) is 0 Å². The summed E-state index contributed by atoms with van der Waals surface area (Å²) in [5.41, 5.74) is -0.765.